The highest BCUT2D eigenvalue weighted by Crippen LogP contribution is 2.27. The van der Waals surface area contributed by atoms with Crippen LogP contribution >= 0.6 is 23.2 Å². The fourth-order valence-corrected chi connectivity index (χ4v) is 6.17. The molecule has 0 amide bonds. The third kappa shape index (κ3) is 5.07. The van der Waals surface area contributed by atoms with Gasteiger partial charge in [-0.25, -0.2) is 13.4 Å². The summed E-state index contributed by atoms with van der Waals surface area (Å²) < 4.78 is 29.6. The highest BCUT2D eigenvalue weighted by Gasteiger charge is 2.28. The van der Waals surface area contributed by atoms with Crippen LogP contribution in [-0.4, -0.2) is 64.9 Å². The van der Waals surface area contributed by atoms with Crippen molar-refractivity contribution >= 4 is 44.7 Å². The molecule has 0 saturated carbocycles. The number of anilines is 1. The van der Waals surface area contributed by atoms with E-state index in [4.69, 9.17) is 28.2 Å². The van der Waals surface area contributed by atoms with Crippen molar-refractivity contribution in [1.82, 2.24) is 23.8 Å². The molecular weight excluding hydrogens is 519 g/mol. The van der Waals surface area contributed by atoms with Crippen LogP contribution in [0.1, 0.15) is 12.5 Å². The lowest BCUT2D eigenvalue weighted by Gasteiger charge is -2.33. The molecule has 0 radical (unpaired) electrons. The molecule has 2 aromatic carbocycles. The van der Waals surface area contributed by atoms with Crippen LogP contribution in [0.5, 0.6) is 0 Å². The Morgan fingerprint density at radius 3 is 2.42 bits per heavy atom. The van der Waals surface area contributed by atoms with Crippen molar-refractivity contribution in [1.29, 1.82) is 0 Å². The minimum Gasteiger partial charge on any atom is -0.366 e. The topological polar surface area (TPSA) is 82.8 Å². The van der Waals surface area contributed by atoms with Crippen molar-refractivity contribution in [3.05, 3.63) is 76.4 Å². The molecule has 4 aromatic rings. The SMILES string of the molecule is CCN1CCN(S(=O)(=O)c2ccc(-c3cc(NCc4ccc(Cl)cc4Cl)n4nccc4n3)cc2)CC1. The van der Waals surface area contributed by atoms with E-state index in [0.717, 1.165) is 36.6 Å². The number of halogens is 2. The lowest BCUT2D eigenvalue weighted by Crippen LogP contribution is -2.48. The number of nitrogens with zero attached hydrogens (tertiary/aromatic N) is 5. The minimum absolute atomic E-state index is 0.289. The van der Waals surface area contributed by atoms with Crippen LogP contribution in [-0.2, 0) is 16.6 Å². The summed E-state index contributed by atoms with van der Waals surface area (Å²) in [6.45, 7) is 6.00. The normalized spacial score (nSPS) is 15.4. The predicted octanol–water partition coefficient (Wildman–Crippen LogP) is 4.64. The first-order valence-corrected chi connectivity index (χ1v) is 13.9. The fraction of sp³-hybridized carbons (Fsp3) is 0.280. The average molecular weight is 545 g/mol. The fourth-order valence-electron chi connectivity index (χ4n) is 4.27. The lowest BCUT2D eigenvalue weighted by molar-refractivity contribution is 0.196. The number of benzene rings is 2. The number of hydrogen-bond donors (Lipinski definition) is 1. The van der Waals surface area contributed by atoms with Crippen LogP contribution in [0.25, 0.3) is 16.9 Å². The van der Waals surface area contributed by atoms with E-state index in [1.54, 1.807) is 51.4 Å². The average Bonchev–Trinajstić information content (AvgIpc) is 3.37. The Hall–Kier alpha value is -2.69. The molecule has 2 aromatic heterocycles. The van der Waals surface area contributed by atoms with E-state index in [-0.39, 0.29) is 4.90 Å². The standard InChI is InChI=1S/C25H26Cl2N6O2S/c1-2-31-11-13-32(14-12-31)36(34,35)21-7-4-18(5-8-21)23-16-25(33-24(30-23)9-10-29-33)28-17-19-3-6-20(26)15-22(19)27/h3-10,15-16,28H,2,11-14,17H2,1H3. The van der Waals surface area contributed by atoms with E-state index in [1.165, 1.54) is 0 Å². The Kier molecular flexibility index (Phi) is 7.18. The zero-order valence-corrected chi connectivity index (χ0v) is 22.1. The van der Waals surface area contributed by atoms with Gasteiger partial charge >= 0.3 is 0 Å². The number of likely N-dealkylation sites (N-methyl/N-ethyl adjacent to an activating group) is 1. The number of nitrogens with one attached hydrogen (secondary N) is 1. The van der Waals surface area contributed by atoms with Gasteiger partial charge in [0.05, 0.1) is 16.8 Å². The van der Waals surface area contributed by atoms with Crippen molar-refractivity contribution in [2.45, 2.75) is 18.4 Å². The Bertz CT molecular complexity index is 1480. The van der Waals surface area contributed by atoms with Crippen molar-refractivity contribution in [2.24, 2.45) is 0 Å². The molecule has 5 rings (SSSR count). The maximum absolute atomic E-state index is 13.1. The molecular formula is C25H26Cl2N6O2S. The quantitative estimate of drug-likeness (QED) is 0.365. The summed E-state index contributed by atoms with van der Waals surface area (Å²) in [6.07, 6.45) is 1.68. The molecule has 0 spiro atoms. The van der Waals surface area contributed by atoms with Gasteiger partial charge in [0.2, 0.25) is 10.0 Å². The smallest absolute Gasteiger partial charge is 0.243 e. The second-order valence-corrected chi connectivity index (χ2v) is 11.4. The lowest BCUT2D eigenvalue weighted by atomic mass is 10.1. The predicted molar refractivity (Wildman–Crippen MR) is 143 cm³/mol. The first-order chi connectivity index (χ1) is 17.3. The van der Waals surface area contributed by atoms with Crippen LogP contribution in [0.15, 0.2) is 65.7 Å². The van der Waals surface area contributed by atoms with Crippen molar-refractivity contribution in [3.8, 4) is 11.3 Å². The number of sulfonamides is 1. The van der Waals surface area contributed by atoms with Gasteiger partial charge < -0.3 is 10.2 Å². The maximum Gasteiger partial charge on any atom is 0.243 e. The molecule has 188 valence electrons. The molecule has 8 nitrogen and oxygen atoms in total. The molecule has 1 N–H and O–H groups in total. The number of piperazine rings is 1. The molecule has 0 bridgehead atoms. The maximum atomic E-state index is 13.1. The molecule has 36 heavy (non-hydrogen) atoms. The highest BCUT2D eigenvalue weighted by molar-refractivity contribution is 7.89. The Morgan fingerprint density at radius 1 is 0.972 bits per heavy atom. The summed E-state index contributed by atoms with van der Waals surface area (Å²) in [4.78, 5) is 7.24. The van der Waals surface area contributed by atoms with Gasteiger partial charge in [0, 0.05) is 60.5 Å². The summed E-state index contributed by atoms with van der Waals surface area (Å²) in [5.74, 6) is 0.733. The highest BCUT2D eigenvalue weighted by atomic mass is 35.5. The van der Waals surface area contributed by atoms with E-state index in [2.05, 4.69) is 22.2 Å². The Labute approximate surface area is 220 Å². The molecule has 1 aliphatic rings. The molecule has 1 aliphatic heterocycles. The zero-order valence-electron chi connectivity index (χ0n) is 19.7. The van der Waals surface area contributed by atoms with Crippen molar-refractivity contribution in [2.75, 3.05) is 38.0 Å². The van der Waals surface area contributed by atoms with Crippen molar-refractivity contribution < 1.29 is 8.42 Å². The second kappa shape index (κ2) is 10.4. The Morgan fingerprint density at radius 2 is 1.72 bits per heavy atom. The zero-order chi connectivity index (χ0) is 25.3. The number of aromatic nitrogens is 3. The largest absolute Gasteiger partial charge is 0.366 e. The molecule has 1 saturated heterocycles. The van der Waals surface area contributed by atoms with E-state index >= 15 is 0 Å². The summed E-state index contributed by atoms with van der Waals surface area (Å²) in [5, 5.41) is 8.89. The van der Waals surface area contributed by atoms with E-state index < -0.39 is 10.0 Å². The molecule has 11 heteroatoms. The van der Waals surface area contributed by atoms with Crippen LogP contribution < -0.4 is 5.32 Å². The van der Waals surface area contributed by atoms with Gasteiger partial charge in [-0.2, -0.15) is 13.9 Å². The monoisotopic (exact) mass is 544 g/mol. The second-order valence-electron chi connectivity index (χ2n) is 8.58. The van der Waals surface area contributed by atoms with Crippen LogP contribution in [0.2, 0.25) is 10.0 Å². The number of hydrogen-bond acceptors (Lipinski definition) is 6. The van der Waals surface area contributed by atoms with E-state index in [0.29, 0.717) is 41.0 Å². The van der Waals surface area contributed by atoms with Crippen LogP contribution in [0.3, 0.4) is 0 Å². The van der Waals surface area contributed by atoms with Gasteiger partial charge in [-0.3, -0.25) is 0 Å². The summed E-state index contributed by atoms with van der Waals surface area (Å²) in [5.41, 5.74) is 3.07. The summed E-state index contributed by atoms with van der Waals surface area (Å²) in [6, 6.07) is 16.0. The van der Waals surface area contributed by atoms with Gasteiger partial charge in [-0.05, 0) is 36.4 Å². The van der Waals surface area contributed by atoms with Gasteiger partial charge in [0.1, 0.15) is 5.82 Å². The van der Waals surface area contributed by atoms with Gasteiger partial charge in [0.25, 0.3) is 0 Å². The number of fused-ring (bicyclic) bond motifs is 1. The summed E-state index contributed by atoms with van der Waals surface area (Å²) in [7, 11) is -3.54. The van der Waals surface area contributed by atoms with Gasteiger partial charge in [-0.15, -0.1) is 0 Å². The third-order valence-corrected chi connectivity index (χ3v) is 8.90. The Balaban J connectivity index is 1.39. The third-order valence-electron chi connectivity index (χ3n) is 6.40. The molecule has 0 aliphatic carbocycles. The van der Waals surface area contributed by atoms with Crippen LogP contribution in [0, 0.1) is 0 Å². The minimum atomic E-state index is -3.54. The van der Waals surface area contributed by atoms with Crippen LogP contribution in [0.4, 0.5) is 5.82 Å². The van der Waals surface area contributed by atoms with E-state index in [1.807, 2.05) is 18.2 Å². The molecule has 3 heterocycles. The van der Waals surface area contributed by atoms with Gasteiger partial charge in [0.15, 0.2) is 5.65 Å². The number of rotatable bonds is 7. The first kappa shape index (κ1) is 25.0. The first-order valence-electron chi connectivity index (χ1n) is 11.7. The molecule has 0 unspecified atom stereocenters. The van der Waals surface area contributed by atoms with E-state index in [9.17, 15) is 8.42 Å². The molecule has 1 fully saturated rings. The molecule has 0 atom stereocenters. The van der Waals surface area contributed by atoms with Gasteiger partial charge in [-0.1, -0.05) is 48.3 Å². The summed E-state index contributed by atoms with van der Waals surface area (Å²) >= 11 is 12.3. The van der Waals surface area contributed by atoms with Crippen molar-refractivity contribution in [3.63, 3.8) is 0 Å².